The van der Waals surface area contributed by atoms with Crippen LogP contribution < -0.4 is 4.74 Å². The molecule has 0 heterocycles. The van der Waals surface area contributed by atoms with Gasteiger partial charge in [-0.05, 0) is 6.42 Å². The van der Waals surface area contributed by atoms with Gasteiger partial charge in [0.2, 0.25) is 34.8 Å². The average molecular weight is 267 g/mol. The number of carbonyl (C=O) groups excluding carboxylic acids is 1. The molecule has 7 heteroatoms. The van der Waals surface area contributed by atoms with E-state index in [1.54, 1.807) is 6.92 Å². The molecule has 1 rings (SSSR count). The van der Waals surface area contributed by atoms with E-state index in [0.717, 1.165) is 6.42 Å². The van der Waals surface area contributed by atoms with Crippen LogP contribution in [0.15, 0.2) is 0 Å². The van der Waals surface area contributed by atoms with Gasteiger partial charge in [-0.3, -0.25) is 4.79 Å². The fourth-order valence-corrected chi connectivity index (χ4v) is 1.08. The number of esters is 1. The molecular weight excluding hydrogens is 259 g/mol. The Hall–Kier alpha value is -1.66. The van der Waals surface area contributed by atoms with E-state index in [9.17, 15) is 26.7 Å². The average Bonchev–Trinajstić information content (AvgIpc) is 2.36. The summed E-state index contributed by atoms with van der Waals surface area (Å²) in [5.74, 6) is -13.8. The molecule has 0 fully saturated rings. The SMILES string of the molecule is CCC[CH]C(=O)Oc1c(F)c(F)c(F)c(F)c1F. The lowest BCUT2D eigenvalue weighted by Gasteiger charge is -2.08. The van der Waals surface area contributed by atoms with Crippen LogP contribution >= 0.6 is 0 Å². The molecule has 0 atom stereocenters. The minimum Gasteiger partial charge on any atom is -0.420 e. The first kappa shape index (κ1) is 14.4. The first-order valence-electron chi connectivity index (χ1n) is 4.96. The van der Waals surface area contributed by atoms with Gasteiger partial charge in [-0.1, -0.05) is 13.3 Å². The molecule has 0 aliphatic rings. The molecule has 0 aliphatic carbocycles. The third-order valence-corrected chi connectivity index (χ3v) is 1.97. The Bertz CT molecular complexity index is 444. The van der Waals surface area contributed by atoms with Gasteiger partial charge in [-0.15, -0.1) is 0 Å². The smallest absolute Gasteiger partial charge is 0.315 e. The monoisotopic (exact) mass is 267 g/mol. The second-order valence-corrected chi connectivity index (χ2v) is 3.31. The fraction of sp³-hybridized carbons (Fsp3) is 0.273. The van der Waals surface area contributed by atoms with Crippen molar-refractivity contribution in [2.24, 2.45) is 0 Å². The van der Waals surface area contributed by atoms with E-state index >= 15 is 0 Å². The molecule has 99 valence electrons. The van der Waals surface area contributed by atoms with E-state index in [1.165, 1.54) is 0 Å². The zero-order chi connectivity index (χ0) is 13.9. The Morgan fingerprint density at radius 2 is 1.44 bits per heavy atom. The summed E-state index contributed by atoms with van der Waals surface area (Å²) in [6, 6.07) is 0. The molecule has 0 spiro atoms. The molecule has 0 unspecified atom stereocenters. The summed E-state index contributed by atoms with van der Waals surface area (Å²) in [7, 11) is 0. The predicted octanol–water partition coefficient (Wildman–Crippen LogP) is 3.29. The van der Waals surface area contributed by atoms with Gasteiger partial charge < -0.3 is 4.74 Å². The second kappa shape index (κ2) is 5.79. The van der Waals surface area contributed by atoms with Gasteiger partial charge in [-0.25, -0.2) is 13.2 Å². The van der Waals surface area contributed by atoms with Gasteiger partial charge in [0.15, 0.2) is 0 Å². The van der Waals surface area contributed by atoms with Crippen molar-refractivity contribution in [3.8, 4) is 5.75 Å². The molecule has 0 aliphatic heterocycles. The highest BCUT2D eigenvalue weighted by Crippen LogP contribution is 2.29. The van der Waals surface area contributed by atoms with Crippen molar-refractivity contribution in [1.82, 2.24) is 0 Å². The molecular formula is C11H8F5O2. The van der Waals surface area contributed by atoms with Gasteiger partial charge in [0.05, 0.1) is 6.42 Å². The van der Waals surface area contributed by atoms with E-state index < -0.39 is 40.8 Å². The van der Waals surface area contributed by atoms with Crippen LogP contribution in [-0.4, -0.2) is 5.97 Å². The second-order valence-electron chi connectivity index (χ2n) is 3.31. The predicted molar refractivity (Wildman–Crippen MR) is 51.1 cm³/mol. The summed E-state index contributed by atoms with van der Waals surface area (Å²) in [4.78, 5) is 11.0. The highest BCUT2D eigenvalue weighted by atomic mass is 19.2. The molecule has 0 bridgehead atoms. The summed E-state index contributed by atoms with van der Waals surface area (Å²) >= 11 is 0. The van der Waals surface area contributed by atoms with Crippen molar-refractivity contribution >= 4 is 5.97 Å². The quantitative estimate of drug-likeness (QED) is 0.275. The van der Waals surface area contributed by atoms with Crippen molar-refractivity contribution in [2.75, 3.05) is 0 Å². The Labute approximate surface area is 99.4 Å². The Balaban J connectivity index is 3.06. The van der Waals surface area contributed by atoms with Crippen LogP contribution in [-0.2, 0) is 4.79 Å². The number of rotatable bonds is 4. The first-order chi connectivity index (χ1) is 8.40. The number of carbonyl (C=O) groups is 1. The number of unbranched alkanes of at least 4 members (excludes halogenated alkanes) is 1. The lowest BCUT2D eigenvalue weighted by Crippen LogP contribution is -2.13. The zero-order valence-electron chi connectivity index (χ0n) is 9.20. The first-order valence-corrected chi connectivity index (χ1v) is 4.96. The van der Waals surface area contributed by atoms with E-state index in [4.69, 9.17) is 0 Å². The summed E-state index contributed by atoms with van der Waals surface area (Å²) in [6.07, 6.45) is 1.76. The van der Waals surface area contributed by atoms with Crippen molar-refractivity contribution in [1.29, 1.82) is 0 Å². The van der Waals surface area contributed by atoms with Crippen molar-refractivity contribution in [2.45, 2.75) is 19.8 Å². The van der Waals surface area contributed by atoms with Crippen LogP contribution in [0, 0.1) is 35.5 Å². The van der Waals surface area contributed by atoms with Gasteiger partial charge in [0.25, 0.3) is 0 Å². The summed E-state index contributed by atoms with van der Waals surface area (Å²) in [5, 5.41) is 0. The number of benzene rings is 1. The largest absolute Gasteiger partial charge is 0.420 e. The topological polar surface area (TPSA) is 26.3 Å². The van der Waals surface area contributed by atoms with Gasteiger partial charge in [-0.2, -0.15) is 8.78 Å². The highest BCUT2D eigenvalue weighted by molar-refractivity contribution is 5.81. The molecule has 1 radical (unpaired) electrons. The Morgan fingerprint density at radius 1 is 1.00 bits per heavy atom. The van der Waals surface area contributed by atoms with E-state index in [2.05, 4.69) is 4.74 Å². The normalized spacial score (nSPS) is 10.6. The number of hydrogen-bond donors (Lipinski definition) is 0. The maximum Gasteiger partial charge on any atom is 0.315 e. The molecule has 0 saturated carbocycles. The molecule has 1 aromatic rings. The van der Waals surface area contributed by atoms with Crippen LogP contribution in [0.5, 0.6) is 5.75 Å². The lowest BCUT2D eigenvalue weighted by atomic mass is 10.2. The van der Waals surface area contributed by atoms with Crippen LogP contribution in [0.25, 0.3) is 0 Å². The van der Waals surface area contributed by atoms with Crippen LogP contribution in [0.4, 0.5) is 22.0 Å². The Kier molecular flexibility index (Phi) is 4.63. The minimum absolute atomic E-state index is 0.258. The molecule has 1 aromatic carbocycles. The number of ether oxygens (including phenoxy) is 1. The number of halogens is 5. The van der Waals surface area contributed by atoms with Crippen molar-refractivity contribution in [3.05, 3.63) is 35.5 Å². The molecule has 0 saturated heterocycles. The molecule has 18 heavy (non-hydrogen) atoms. The fourth-order valence-electron chi connectivity index (χ4n) is 1.08. The lowest BCUT2D eigenvalue weighted by molar-refractivity contribution is -0.131. The van der Waals surface area contributed by atoms with Gasteiger partial charge >= 0.3 is 5.97 Å². The van der Waals surface area contributed by atoms with Crippen LogP contribution in [0.1, 0.15) is 19.8 Å². The Morgan fingerprint density at radius 3 is 1.89 bits per heavy atom. The maximum atomic E-state index is 13.1. The van der Waals surface area contributed by atoms with Crippen LogP contribution in [0.2, 0.25) is 0 Å². The molecule has 0 aromatic heterocycles. The summed E-state index contributed by atoms with van der Waals surface area (Å²) in [6.45, 7) is 1.72. The summed E-state index contributed by atoms with van der Waals surface area (Å²) in [5.41, 5.74) is 0. The standard InChI is InChI=1S/C11H8F5O2/c1-2-3-4-5(17)18-11-9(15)7(13)6(12)8(14)10(11)16/h4H,2-3H2,1H3. The van der Waals surface area contributed by atoms with Crippen LogP contribution in [0.3, 0.4) is 0 Å². The van der Waals surface area contributed by atoms with Crippen molar-refractivity contribution in [3.63, 3.8) is 0 Å². The summed E-state index contributed by atoms with van der Waals surface area (Å²) < 4.78 is 68.4. The number of hydrogen-bond acceptors (Lipinski definition) is 2. The third-order valence-electron chi connectivity index (χ3n) is 1.97. The van der Waals surface area contributed by atoms with Crippen molar-refractivity contribution < 1.29 is 31.5 Å². The molecule has 2 nitrogen and oxygen atoms in total. The zero-order valence-corrected chi connectivity index (χ0v) is 9.20. The van der Waals surface area contributed by atoms with E-state index in [1.807, 2.05) is 0 Å². The maximum absolute atomic E-state index is 13.1. The minimum atomic E-state index is -2.30. The van der Waals surface area contributed by atoms with Gasteiger partial charge in [0.1, 0.15) is 0 Å². The van der Waals surface area contributed by atoms with E-state index in [0.29, 0.717) is 6.42 Å². The molecule has 0 N–H and O–H groups in total. The highest BCUT2D eigenvalue weighted by Gasteiger charge is 2.28. The van der Waals surface area contributed by atoms with E-state index in [-0.39, 0.29) is 6.42 Å². The third kappa shape index (κ3) is 2.77. The molecule has 0 amide bonds. The van der Waals surface area contributed by atoms with Gasteiger partial charge in [0, 0.05) is 0 Å².